The molecule has 0 atom stereocenters. The summed E-state index contributed by atoms with van der Waals surface area (Å²) < 4.78 is 5.88. The van der Waals surface area contributed by atoms with Crippen molar-refractivity contribution in [2.45, 2.75) is 20.8 Å². The molecule has 4 nitrogen and oxygen atoms in total. The lowest BCUT2D eigenvalue weighted by atomic mass is 10.1. The van der Waals surface area contributed by atoms with Crippen LogP contribution in [0.4, 0.5) is 5.69 Å². The molecule has 2 aromatic rings. The van der Waals surface area contributed by atoms with Crippen molar-refractivity contribution in [3.8, 4) is 0 Å². The molecule has 0 fully saturated rings. The second-order valence-corrected chi connectivity index (χ2v) is 5.08. The second-order valence-electron chi connectivity index (χ2n) is 4.16. The van der Waals surface area contributed by atoms with E-state index in [0.717, 1.165) is 21.3 Å². The molecule has 1 aromatic carbocycles. The molecule has 1 amide bonds. The van der Waals surface area contributed by atoms with Gasteiger partial charge in [0.25, 0.3) is 5.91 Å². The summed E-state index contributed by atoms with van der Waals surface area (Å²) in [4.78, 5) is 12.1. The van der Waals surface area contributed by atoms with Gasteiger partial charge in [-0.1, -0.05) is 21.1 Å². The third-order valence-electron chi connectivity index (χ3n) is 2.73. The van der Waals surface area contributed by atoms with Crippen molar-refractivity contribution < 1.29 is 9.32 Å². The van der Waals surface area contributed by atoms with Gasteiger partial charge < -0.3 is 9.84 Å². The molecule has 1 N–H and O–H groups in total. The van der Waals surface area contributed by atoms with Crippen LogP contribution in [-0.2, 0) is 0 Å². The fourth-order valence-electron chi connectivity index (χ4n) is 1.81. The van der Waals surface area contributed by atoms with E-state index in [4.69, 9.17) is 4.52 Å². The van der Waals surface area contributed by atoms with Gasteiger partial charge in [0, 0.05) is 10.2 Å². The highest BCUT2D eigenvalue weighted by atomic mass is 79.9. The molecule has 2 rings (SSSR count). The number of hydrogen-bond donors (Lipinski definition) is 1. The van der Waals surface area contributed by atoms with Crippen LogP contribution >= 0.6 is 15.9 Å². The zero-order valence-corrected chi connectivity index (χ0v) is 12.0. The van der Waals surface area contributed by atoms with E-state index in [-0.39, 0.29) is 5.91 Å². The first-order chi connectivity index (χ1) is 8.49. The fourth-order valence-corrected chi connectivity index (χ4v) is 2.49. The second kappa shape index (κ2) is 4.94. The lowest BCUT2D eigenvalue weighted by Gasteiger charge is -2.11. The molecular formula is C13H13BrN2O2. The molecule has 94 valence electrons. The molecule has 0 spiro atoms. The molecule has 0 unspecified atom stereocenters. The molecule has 0 aliphatic heterocycles. The van der Waals surface area contributed by atoms with E-state index in [9.17, 15) is 4.79 Å². The van der Waals surface area contributed by atoms with Crippen LogP contribution in [0.1, 0.15) is 27.2 Å². The van der Waals surface area contributed by atoms with E-state index in [2.05, 4.69) is 26.4 Å². The Morgan fingerprint density at radius 3 is 2.39 bits per heavy atom. The van der Waals surface area contributed by atoms with Crippen molar-refractivity contribution in [3.63, 3.8) is 0 Å². The van der Waals surface area contributed by atoms with Gasteiger partial charge in [-0.15, -0.1) is 0 Å². The number of anilines is 1. The van der Waals surface area contributed by atoms with E-state index in [1.165, 1.54) is 6.20 Å². The number of rotatable bonds is 2. The molecule has 5 heteroatoms. The number of carbonyl (C=O) groups is 1. The average molecular weight is 309 g/mol. The Hall–Kier alpha value is -1.62. The number of aryl methyl sites for hydroxylation is 3. The lowest BCUT2D eigenvalue weighted by Crippen LogP contribution is -2.14. The summed E-state index contributed by atoms with van der Waals surface area (Å²) in [5.74, 6) is 0.308. The van der Waals surface area contributed by atoms with Crippen molar-refractivity contribution in [1.29, 1.82) is 0 Å². The van der Waals surface area contributed by atoms with E-state index >= 15 is 0 Å². The Balaban J connectivity index is 2.31. The Kier molecular flexibility index (Phi) is 3.52. The van der Waals surface area contributed by atoms with Crippen LogP contribution in [0.15, 0.2) is 27.3 Å². The van der Waals surface area contributed by atoms with Crippen molar-refractivity contribution in [1.82, 2.24) is 5.16 Å². The summed E-state index contributed by atoms with van der Waals surface area (Å²) in [5, 5.41) is 6.49. The van der Waals surface area contributed by atoms with Gasteiger partial charge in [0.05, 0.1) is 6.20 Å². The Labute approximate surface area is 113 Å². The topological polar surface area (TPSA) is 55.1 Å². The van der Waals surface area contributed by atoms with Crippen LogP contribution in [0.5, 0.6) is 0 Å². The molecular weight excluding hydrogens is 296 g/mol. The highest BCUT2D eigenvalue weighted by Crippen LogP contribution is 2.25. The highest BCUT2D eigenvalue weighted by molar-refractivity contribution is 9.10. The monoisotopic (exact) mass is 308 g/mol. The van der Waals surface area contributed by atoms with Gasteiger partial charge in [0.15, 0.2) is 0 Å². The predicted molar refractivity (Wildman–Crippen MR) is 72.8 cm³/mol. The zero-order chi connectivity index (χ0) is 13.3. The van der Waals surface area contributed by atoms with Gasteiger partial charge >= 0.3 is 0 Å². The third-order valence-corrected chi connectivity index (χ3v) is 3.19. The van der Waals surface area contributed by atoms with Crippen molar-refractivity contribution in [2.75, 3.05) is 5.32 Å². The minimum atomic E-state index is -0.206. The summed E-state index contributed by atoms with van der Waals surface area (Å²) in [5.41, 5.74) is 3.29. The van der Waals surface area contributed by atoms with Gasteiger partial charge in [-0.25, -0.2) is 0 Å². The number of benzene rings is 1. The molecule has 0 aliphatic carbocycles. The van der Waals surface area contributed by atoms with Crippen LogP contribution in [0.25, 0.3) is 0 Å². The van der Waals surface area contributed by atoms with Crippen molar-refractivity contribution >= 4 is 27.5 Å². The van der Waals surface area contributed by atoms with Crippen LogP contribution in [0.3, 0.4) is 0 Å². The first-order valence-electron chi connectivity index (χ1n) is 5.48. The zero-order valence-electron chi connectivity index (χ0n) is 10.4. The number of carbonyl (C=O) groups excluding carboxylic acids is 1. The minimum Gasteiger partial charge on any atom is -0.361 e. The normalized spacial score (nSPS) is 10.4. The quantitative estimate of drug-likeness (QED) is 0.922. The standard InChI is InChI=1S/C13H13BrN2O2/c1-7-4-10(14)5-8(2)12(7)16-13(17)11-6-15-18-9(11)3/h4-6H,1-3H3,(H,16,17). The van der Waals surface area contributed by atoms with Gasteiger partial charge in [0.2, 0.25) is 0 Å². The summed E-state index contributed by atoms with van der Waals surface area (Å²) in [6.07, 6.45) is 1.42. The molecule has 1 heterocycles. The molecule has 0 saturated heterocycles. The number of nitrogens with zero attached hydrogens (tertiary/aromatic N) is 1. The molecule has 0 aliphatic rings. The molecule has 1 aromatic heterocycles. The smallest absolute Gasteiger partial charge is 0.260 e. The number of aromatic nitrogens is 1. The maximum absolute atomic E-state index is 12.1. The van der Waals surface area contributed by atoms with E-state index < -0.39 is 0 Å². The number of amides is 1. The highest BCUT2D eigenvalue weighted by Gasteiger charge is 2.15. The maximum Gasteiger partial charge on any atom is 0.260 e. The van der Waals surface area contributed by atoms with Gasteiger partial charge in [0.1, 0.15) is 11.3 Å². The SMILES string of the molecule is Cc1cc(Br)cc(C)c1NC(=O)c1cnoc1C. The number of nitrogens with one attached hydrogen (secondary N) is 1. The summed E-state index contributed by atoms with van der Waals surface area (Å²) >= 11 is 3.43. The van der Waals surface area contributed by atoms with Crippen LogP contribution < -0.4 is 5.32 Å². The Morgan fingerprint density at radius 1 is 1.28 bits per heavy atom. The van der Waals surface area contributed by atoms with E-state index in [0.29, 0.717) is 11.3 Å². The third kappa shape index (κ3) is 2.46. The lowest BCUT2D eigenvalue weighted by molar-refractivity contribution is 0.102. The maximum atomic E-state index is 12.1. The Morgan fingerprint density at radius 2 is 1.89 bits per heavy atom. The molecule has 0 saturated carbocycles. The first-order valence-corrected chi connectivity index (χ1v) is 6.27. The molecule has 0 radical (unpaired) electrons. The molecule has 18 heavy (non-hydrogen) atoms. The van der Waals surface area contributed by atoms with E-state index in [1.54, 1.807) is 6.92 Å². The van der Waals surface area contributed by atoms with Crippen molar-refractivity contribution in [2.24, 2.45) is 0 Å². The summed E-state index contributed by atoms with van der Waals surface area (Å²) in [7, 11) is 0. The van der Waals surface area contributed by atoms with Crippen LogP contribution in [-0.4, -0.2) is 11.1 Å². The van der Waals surface area contributed by atoms with Gasteiger partial charge in [-0.2, -0.15) is 0 Å². The summed E-state index contributed by atoms with van der Waals surface area (Å²) in [6.45, 7) is 5.62. The first kappa shape index (κ1) is 12.8. The number of hydrogen-bond acceptors (Lipinski definition) is 3. The Bertz CT molecular complexity index is 582. The minimum absolute atomic E-state index is 0.206. The molecule has 0 bridgehead atoms. The number of halogens is 1. The largest absolute Gasteiger partial charge is 0.361 e. The van der Waals surface area contributed by atoms with Crippen LogP contribution in [0, 0.1) is 20.8 Å². The predicted octanol–water partition coefficient (Wildman–Crippen LogP) is 3.61. The summed E-state index contributed by atoms with van der Waals surface area (Å²) in [6, 6.07) is 3.92. The van der Waals surface area contributed by atoms with Gasteiger partial charge in [-0.3, -0.25) is 4.79 Å². The van der Waals surface area contributed by atoms with E-state index in [1.807, 2.05) is 26.0 Å². The van der Waals surface area contributed by atoms with Crippen LogP contribution in [0.2, 0.25) is 0 Å². The fraction of sp³-hybridized carbons (Fsp3) is 0.231. The van der Waals surface area contributed by atoms with Gasteiger partial charge in [-0.05, 0) is 44.0 Å². The van der Waals surface area contributed by atoms with Crippen molar-refractivity contribution in [3.05, 3.63) is 45.3 Å². The average Bonchev–Trinajstić information content (AvgIpc) is 2.69.